The van der Waals surface area contributed by atoms with Crippen molar-refractivity contribution in [1.82, 2.24) is 5.32 Å². The molecule has 2 rings (SSSR count). The van der Waals surface area contributed by atoms with Crippen LogP contribution in [0.4, 0.5) is 0 Å². The Labute approximate surface area is 142 Å². The van der Waals surface area contributed by atoms with E-state index in [0.717, 1.165) is 22.4 Å². The number of benzene rings is 2. The molecule has 1 unspecified atom stereocenters. The van der Waals surface area contributed by atoms with E-state index in [4.69, 9.17) is 10.5 Å². The summed E-state index contributed by atoms with van der Waals surface area (Å²) in [6.07, 6.45) is -0.295. The lowest BCUT2D eigenvalue weighted by molar-refractivity contribution is -0.117. The molecule has 2 aromatic rings. The lowest BCUT2D eigenvalue weighted by Gasteiger charge is -2.13. The maximum atomic E-state index is 10.8. The first-order valence-electron chi connectivity index (χ1n) is 8.00. The van der Waals surface area contributed by atoms with Crippen LogP contribution in [0.2, 0.25) is 0 Å². The number of primary amides is 1. The third-order valence-corrected chi connectivity index (χ3v) is 3.61. The van der Waals surface area contributed by atoms with Crippen LogP contribution in [0.5, 0.6) is 5.75 Å². The molecule has 0 spiro atoms. The van der Waals surface area contributed by atoms with E-state index >= 15 is 0 Å². The molecule has 0 bridgehead atoms. The Morgan fingerprint density at radius 2 is 2.00 bits per heavy atom. The smallest absolute Gasteiger partial charge is 0.221 e. The molecule has 128 valence electrons. The quantitative estimate of drug-likeness (QED) is 0.612. The van der Waals surface area contributed by atoms with Crippen LogP contribution in [0.25, 0.3) is 0 Å². The summed E-state index contributed by atoms with van der Waals surface area (Å²) in [6, 6.07) is 15.1. The van der Waals surface area contributed by atoms with Crippen LogP contribution < -0.4 is 15.8 Å². The van der Waals surface area contributed by atoms with Gasteiger partial charge in [0.1, 0.15) is 12.4 Å². The number of nitrogens with two attached hydrogens (primary N) is 1. The molecule has 0 aliphatic carbocycles. The highest BCUT2D eigenvalue weighted by molar-refractivity contribution is 5.76. The number of hydrogen-bond acceptors (Lipinski definition) is 4. The van der Waals surface area contributed by atoms with E-state index in [1.54, 1.807) is 0 Å². The van der Waals surface area contributed by atoms with E-state index < -0.39 is 6.10 Å². The molecule has 0 heterocycles. The molecule has 0 aromatic heterocycles. The summed E-state index contributed by atoms with van der Waals surface area (Å²) in [5.74, 6) is 0.393. The fourth-order valence-electron chi connectivity index (χ4n) is 2.38. The zero-order chi connectivity index (χ0) is 17.4. The number of ether oxygens (including phenoxy) is 1. The third kappa shape index (κ3) is 6.02. The summed E-state index contributed by atoms with van der Waals surface area (Å²) in [5, 5.41) is 13.3. The number of carbonyl (C=O) groups is 1. The van der Waals surface area contributed by atoms with Gasteiger partial charge in [0.05, 0.1) is 12.5 Å². The number of hydrogen-bond donors (Lipinski definition) is 3. The van der Waals surface area contributed by atoms with Gasteiger partial charge in [-0.05, 0) is 30.2 Å². The zero-order valence-electron chi connectivity index (χ0n) is 13.9. The van der Waals surface area contributed by atoms with Crippen molar-refractivity contribution in [3.8, 4) is 5.75 Å². The SMILES string of the molecule is Cc1cccc(C(O)CNCCOc2ccc(CC(N)=O)cc2)c1. The Bertz CT molecular complexity index is 656. The molecule has 0 aliphatic rings. The van der Waals surface area contributed by atoms with Gasteiger partial charge in [0, 0.05) is 13.1 Å². The summed E-state index contributed by atoms with van der Waals surface area (Å²) >= 11 is 0. The molecule has 1 atom stereocenters. The Morgan fingerprint density at radius 3 is 2.67 bits per heavy atom. The molecule has 0 saturated carbocycles. The second-order valence-electron chi connectivity index (χ2n) is 5.77. The molecule has 4 N–H and O–H groups in total. The number of rotatable bonds is 9. The first kappa shape index (κ1) is 18.0. The number of aryl methyl sites for hydroxylation is 1. The van der Waals surface area contributed by atoms with Crippen molar-refractivity contribution in [2.45, 2.75) is 19.4 Å². The fourth-order valence-corrected chi connectivity index (χ4v) is 2.38. The molecule has 1 amide bonds. The lowest BCUT2D eigenvalue weighted by Crippen LogP contribution is -2.26. The second kappa shape index (κ2) is 9.05. The highest BCUT2D eigenvalue weighted by Crippen LogP contribution is 2.14. The van der Waals surface area contributed by atoms with Crippen molar-refractivity contribution in [2.24, 2.45) is 5.73 Å². The van der Waals surface area contributed by atoms with Crippen LogP contribution in [0.15, 0.2) is 48.5 Å². The van der Waals surface area contributed by atoms with Gasteiger partial charge in [0.25, 0.3) is 0 Å². The van der Waals surface area contributed by atoms with Gasteiger partial charge in [-0.1, -0.05) is 42.0 Å². The molecule has 2 aromatic carbocycles. The summed E-state index contributed by atoms with van der Waals surface area (Å²) in [5.41, 5.74) is 8.07. The van der Waals surface area contributed by atoms with Crippen molar-refractivity contribution in [1.29, 1.82) is 0 Å². The first-order valence-corrected chi connectivity index (χ1v) is 8.00. The van der Waals surface area contributed by atoms with Gasteiger partial charge < -0.3 is 20.9 Å². The normalized spacial score (nSPS) is 11.9. The Kier molecular flexibility index (Phi) is 6.78. The van der Waals surface area contributed by atoms with Crippen LogP contribution in [0.1, 0.15) is 22.8 Å². The maximum absolute atomic E-state index is 10.8. The molecule has 0 saturated heterocycles. The predicted octanol–water partition coefficient (Wildman–Crippen LogP) is 1.72. The van der Waals surface area contributed by atoms with Crippen LogP contribution in [0, 0.1) is 6.92 Å². The Hall–Kier alpha value is -2.37. The number of aliphatic hydroxyl groups excluding tert-OH is 1. The Balaban J connectivity index is 1.66. The van der Waals surface area contributed by atoms with Gasteiger partial charge in [0.15, 0.2) is 0 Å². The topological polar surface area (TPSA) is 84.6 Å². The molecular weight excluding hydrogens is 304 g/mol. The highest BCUT2D eigenvalue weighted by Gasteiger charge is 2.06. The highest BCUT2D eigenvalue weighted by atomic mass is 16.5. The molecule has 5 nitrogen and oxygen atoms in total. The number of carbonyl (C=O) groups excluding carboxylic acids is 1. The van der Waals surface area contributed by atoms with Crippen LogP contribution in [-0.4, -0.2) is 30.7 Å². The van der Waals surface area contributed by atoms with Gasteiger partial charge in [-0.15, -0.1) is 0 Å². The predicted molar refractivity (Wildman–Crippen MR) is 93.8 cm³/mol. The van der Waals surface area contributed by atoms with Gasteiger partial charge in [-0.2, -0.15) is 0 Å². The summed E-state index contributed by atoms with van der Waals surface area (Å²) in [7, 11) is 0. The molecule has 5 heteroatoms. The monoisotopic (exact) mass is 328 g/mol. The van der Waals surface area contributed by atoms with Gasteiger partial charge >= 0.3 is 0 Å². The molecule has 0 fully saturated rings. The molecule has 24 heavy (non-hydrogen) atoms. The number of nitrogens with one attached hydrogen (secondary N) is 1. The van der Waals surface area contributed by atoms with Crippen LogP contribution in [-0.2, 0) is 11.2 Å². The largest absolute Gasteiger partial charge is 0.492 e. The van der Waals surface area contributed by atoms with Crippen molar-refractivity contribution >= 4 is 5.91 Å². The summed E-state index contributed by atoms with van der Waals surface area (Å²) in [6.45, 7) is 3.61. The average Bonchev–Trinajstić information content (AvgIpc) is 2.55. The first-order chi connectivity index (χ1) is 11.5. The van der Waals surface area contributed by atoms with Crippen molar-refractivity contribution in [3.63, 3.8) is 0 Å². The minimum Gasteiger partial charge on any atom is -0.492 e. The van der Waals surface area contributed by atoms with Crippen LogP contribution >= 0.6 is 0 Å². The molecular formula is C19H24N2O3. The standard InChI is InChI=1S/C19H24N2O3/c1-14-3-2-4-16(11-14)18(22)13-21-9-10-24-17-7-5-15(6-8-17)12-19(20)23/h2-8,11,18,21-22H,9-10,12-13H2,1H3,(H2,20,23). The fraction of sp³-hybridized carbons (Fsp3) is 0.316. The minimum absolute atomic E-state index is 0.235. The number of aliphatic hydroxyl groups is 1. The minimum atomic E-state index is -0.530. The summed E-state index contributed by atoms with van der Waals surface area (Å²) in [4.78, 5) is 10.8. The van der Waals surface area contributed by atoms with E-state index in [1.807, 2.05) is 55.5 Å². The van der Waals surface area contributed by atoms with E-state index in [1.165, 1.54) is 0 Å². The second-order valence-corrected chi connectivity index (χ2v) is 5.77. The van der Waals surface area contributed by atoms with E-state index in [2.05, 4.69) is 5.32 Å². The summed E-state index contributed by atoms with van der Waals surface area (Å²) < 4.78 is 5.61. The van der Waals surface area contributed by atoms with Crippen molar-refractivity contribution in [2.75, 3.05) is 19.7 Å². The van der Waals surface area contributed by atoms with Gasteiger partial charge in [-0.3, -0.25) is 4.79 Å². The van der Waals surface area contributed by atoms with E-state index in [0.29, 0.717) is 19.7 Å². The van der Waals surface area contributed by atoms with Crippen molar-refractivity contribution < 1.29 is 14.6 Å². The molecule has 0 radical (unpaired) electrons. The van der Waals surface area contributed by atoms with Gasteiger partial charge in [0.2, 0.25) is 5.91 Å². The van der Waals surface area contributed by atoms with Crippen LogP contribution in [0.3, 0.4) is 0 Å². The van der Waals surface area contributed by atoms with E-state index in [-0.39, 0.29) is 12.3 Å². The zero-order valence-corrected chi connectivity index (χ0v) is 13.9. The average molecular weight is 328 g/mol. The number of amides is 1. The maximum Gasteiger partial charge on any atom is 0.221 e. The van der Waals surface area contributed by atoms with E-state index in [9.17, 15) is 9.90 Å². The lowest BCUT2D eigenvalue weighted by atomic mass is 10.1. The third-order valence-electron chi connectivity index (χ3n) is 3.61. The Morgan fingerprint density at radius 1 is 1.25 bits per heavy atom. The van der Waals surface area contributed by atoms with Gasteiger partial charge in [-0.25, -0.2) is 0 Å². The molecule has 0 aliphatic heterocycles. The van der Waals surface area contributed by atoms with Crippen molar-refractivity contribution in [3.05, 3.63) is 65.2 Å².